The van der Waals surface area contributed by atoms with Gasteiger partial charge in [0.25, 0.3) is 0 Å². The molecule has 84 valence electrons. The van der Waals surface area contributed by atoms with E-state index in [2.05, 4.69) is 53.4 Å². The number of H-pyrrole nitrogens is 1. The van der Waals surface area contributed by atoms with Gasteiger partial charge in [0, 0.05) is 23.7 Å². The SMILES string of the molecule is CC(c1ccccc1)c1c[nH]c2ncccc12. The van der Waals surface area contributed by atoms with E-state index < -0.39 is 0 Å². The summed E-state index contributed by atoms with van der Waals surface area (Å²) in [6, 6.07) is 14.6. The van der Waals surface area contributed by atoms with Gasteiger partial charge in [-0.05, 0) is 23.3 Å². The van der Waals surface area contributed by atoms with Crippen molar-refractivity contribution in [3.05, 3.63) is 66.0 Å². The average molecular weight is 222 g/mol. The van der Waals surface area contributed by atoms with Gasteiger partial charge in [-0.2, -0.15) is 0 Å². The lowest BCUT2D eigenvalue weighted by molar-refractivity contribution is 0.932. The number of hydrogen-bond acceptors (Lipinski definition) is 1. The predicted octanol–water partition coefficient (Wildman–Crippen LogP) is 3.71. The summed E-state index contributed by atoms with van der Waals surface area (Å²) >= 11 is 0. The topological polar surface area (TPSA) is 28.7 Å². The zero-order valence-electron chi connectivity index (χ0n) is 9.72. The number of nitrogens with zero attached hydrogens (tertiary/aromatic N) is 1. The fourth-order valence-corrected chi connectivity index (χ4v) is 2.26. The summed E-state index contributed by atoms with van der Waals surface area (Å²) in [5.74, 6) is 0.383. The van der Waals surface area contributed by atoms with E-state index in [1.54, 1.807) is 0 Å². The van der Waals surface area contributed by atoms with Gasteiger partial charge in [0.1, 0.15) is 5.65 Å². The van der Waals surface area contributed by atoms with Gasteiger partial charge in [-0.15, -0.1) is 0 Å². The maximum atomic E-state index is 4.32. The first kappa shape index (κ1) is 10.1. The Hall–Kier alpha value is -2.09. The van der Waals surface area contributed by atoms with Gasteiger partial charge in [0.2, 0.25) is 0 Å². The second-order valence-electron chi connectivity index (χ2n) is 4.28. The van der Waals surface area contributed by atoms with Crippen LogP contribution in [0.2, 0.25) is 0 Å². The molecule has 2 heterocycles. The molecule has 2 nitrogen and oxygen atoms in total. The van der Waals surface area contributed by atoms with Gasteiger partial charge in [0.05, 0.1) is 0 Å². The standard InChI is InChI=1S/C15H14N2/c1-11(12-6-3-2-4-7-12)14-10-17-15-13(14)8-5-9-16-15/h2-11H,1H3,(H,16,17). The van der Waals surface area contributed by atoms with Gasteiger partial charge in [-0.1, -0.05) is 37.3 Å². The predicted molar refractivity (Wildman–Crippen MR) is 70.1 cm³/mol. The number of rotatable bonds is 2. The fourth-order valence-electron chi connectivity index (χ4n) is 2.26. The quantitative estimate of drug-likeness (QED) is 0.703. The first-order valence-electron chi connectivity index (χ1n) is 5.83. The van der Waals surface area contributed by atoms with Crippen LogP contribution in [-0.4, -0.2) is 9.97 Å². The summed E-state index contributed by atoms with van der Waals surface area (Å²) in [6.45, 7) is 2.23. The maximum absolute atomic E-state index is 4.32. The van der Waals surface area contributed by atoms with Crippen molar-refractivity contribution in [2.24, 2.45) is 0 Å². The molecule has 0 saturated heterocycles. The highest BCUT2D eigenvalue weighted by Gasteiger charge is 2.12. The molecule has 0 bridgehead atoms. The normalized spacial score (nSPS) is 12.8. The van der Waals surface area contributed by atoms with E-state index in [0.29, 0.717) is 5.92 Å². The molecule has 3 aromatic rings. The molecular weight excluding hydrogens is 208 g/mol. The van der Waals surface area contributed by atoms with Gasteiger partial charge in [-0.3, -0.25) is 0 Å². The molecule has 1 unspecified atom stereocenters. The third-order valence-corrected chi connectivity index (χ3v) is 3.25. The zero-order valence-corrected chi connectivity index (χ0v) is 9.72. The summed E-state index contributed by atoms with van der Waals surface area (Å²) in [5, 5.41) is 1.21. The first-order valence-corrected chi connectivity index (χ1v) is 5.83. The van der Waals surface area contributed by atoms with E-state index in [1.807, 2.05) is 18.3 Å². The van der Waals surface area contributed by atoms with Crippen LogP contribution in [0.25, 0.3) is 11.0 Å². The van der Waals surface area contributed by atoms with Gasteiger partial charge < -0.3 is 4.98 Å². The number of hydrogen-bond donors (Lipinski definition) is 1. The molecule has 0 fully saturated rings. The molecule has 0 spiro atoms. The molecule has 0 aliphatic heterocycles. The molecule has 2 heteroatoms. The van der Waals surface area contributed by atoms with Crippen molar-refractivity contribution in [2.45, 2.75) is 12.8 Å². The molecule has 2 aromatic heterocycles. The highest BCUT2D eigenvalue weighted by molar-refractivity contribution is 5.80. The molecule has 0 aliphatic rings. The second-order valence-corrected chi connectivity index (χ2v) is 4.28. The van der Waals surface area contributed by atoms with Crippen molar-refractivity contribution < 1.29 is 0 Å². The maximum Gasteiger partial charge on any atom is 0.137 e. The molecule has 17 heavy (non-hydrogen) atoms. The van der Waals surface area contributed by atoms with E-state index in [1.165, 1.54) is 16.5 Å². The molecule has 0 aliphatic carbocycles. The first-order chi connectivity index (χ1) is 8.36. The number of benzene rings is 1. The van der Waals surface area contributed by atoms with Gasteiger partial charge in [-0.25, -0.2) is 4.98 Å². The largest absolute Gasteiger partial charge is 0.346 e. The van der Waals surface area contributed by atoms with E-state index in [0.717, 1.165) is 5.65 Å². The minimum absolute atomic E-state index is 0.383. The van der Waals surface area contributed by atoms with Crippen LogP contribution in [0.4, 0.5) is 0 Å². The molecule has 0 radical (unpaired) electrons. The van der Waals surface area contributed by atoms with E-state index in [9.17, 15) is 0 Å². The van der Waals surface area contributed by atoms with Crippen LogP contribution >= 0.6 is 0 Å². The van der Waals surface area contributed by atoms with Crippen molar-refractivity contribution >= 4 is 11.0 Å². The van der Waals surface area contributed by atoms with Crippen LogP contribution in [0.5, 0.6) is 0 Å². The molecule has 1 aromatic carbocycles. The van der Waals surface area contributed by atoms with Gasteiger partial charge >= 0.3 is 0 Å². The van der Waals surface area contributed by atoms with Crippen LogP contribution in [0.15, 0.2) is 54.9 Å². The van der Waals surface area contributed by atoms with Crippen molar-refractivity contribution in [1.29, 1.82) is 0 Å². The summed E-state index contributed by atoms with van der Waals surface area (Å²) < 4.78 is 0. The Morgan fingerprint density at radius 1 is 1.06 bits per heavy atom. The summed E-state index contributed by atoms with van der Waals surface area (Å²) in [5.41, 5.74) is 3.60. The number of aromatic nitrogens is 2. The van der Waals surface area contributed by atoms with E-state index >= 15 is 0 Å². The lowest BCUT2D eigenvalue weighted by atomic mass is 9.93. The number of pyridine rings is 1. The Kier molecular flexibility index (Phi) is 2.41. The summed E-state index contributed by atoms with van der Waals surface area (Å²) in [4.78, 5) is 7.55. The monoisotopic (exact) mass is 222 g/mol. The van der Waals surface area contributed by atoms with Gasteiger partial charge in [0.15, 0.2) is 0 Å². The fraction of sp³-hybridized carbons (Fsp3) is 0.133. The summed E-state index contributed by atoms with van der Waals surface area (Å²) in [6.07, 6.45) is 3.88. The molecule has 3 rings (SSSR count). The number of aromatic amines is 1. The summed E-state index contributed by atoms with van der Waals surface area (Å²) in [7, 11) is 0. The van der Waals surface area contributed by atoms with Crippen molar-refractivity contribution in [2.75, 3.05) is 0 Å². The van der Waals surface area contributed by atoms with Crippen LogP contribution in [0.1, 0.15) is 24.0 Å². The van der Waals surface area contributed by atoms with Crippen molar-refractivity contribution in [3.8, 4) is 0 Å². The molecular formula is C15H14N2. The average Bonchev–Trinajstić information content (AvgIpc) is 2.83. The Labute approximate surface area is 100 Å². The molecule has 1 N–H and O–H groups in total. The Bertz CT molecular complexity index is 625. The Morgan fingerprint density at radius 2 is 1.88 bits per heavy atom. The second kappa shape index (κ2) is 4.06. The van der Waals surface area contributed by atoms with Crippen molar-refractivity contribution in [1.82, 2.24) is 9.97 Å². The third kappa shape index (κ3) is 1.72. The highest BCUT2D eigenvalue weighted by Crippen LogP contribution is 2.29. The molecule has 0 saturated carbocycles. The third-order valence-electron chi connectivity index (χ3n) is 3.25. The number of fused-ring (bicyclic) bond motifs is 1. The smallest absolute Gasteiger partial charge is 0.137 e. The van der Waals surface area contributed by atoms with E-state index in [4.69, 9.17) is 0 Å². The minimum atomic E-state index is 0.383. The van der Waals surface area contributed by atoms with Crippen LogP contribution in [-0.2, 0) is 0 Å². The number of nitrogens with one attached hydrogen (secondary N) is 1. The van der Waals surface area contributed by atoms with Crippen LogP contribution in [0.3, 0.4) is 0 Å². The van der Waals surface area contributed by atoms with E-state index in [-0.39, 0.29) is 0 Å². The van der Waals surface area contributed by atoms with Crippen LogP contribution in [0, 0.1) is 0 Å². The lowest BCUT2D eigenvalue weighted by Crippen LogP contribution is -1.94. The molecule has 1 atom stereocenters. The zero-order chi connectivity index (χ0) is 11.7. The highest BCUT2D eigenvalue weighted by atomic mass is 14.8. The Balaban J connectivity index is 2.10. The molecule has 0 amide bonds. The minimum Gasteiger partial charge on any atom is -0.346 e. The van der Waals surface area contributed by atoms with Crippen LogP contribution < -0.4 is 0 Å². The van der Waals surface area contributed by atoms with Crippen molar-refractivity contribution in [3.63, 3.8) is 0 Å². The lowest BCUT2D eigenvalue weighted by Gasteiger charge is -2.10. The Morgan fingerprint density at radius 3 is 2.71 bits per heavy atom.